The maximum atomic E-state index is 11.9. The van der Waals surface area contributed by atoms with Crippen LogP contribution >= 0.6 is 23.2 Å². The molecule has 0 fully saturated rings. The van der Waals surface area contributed by atoms with Crippen LogP contribution in [0.5, 0.6) is 11.5 Å². The third kappa shape index (κ3) is 3.42. The van der Waals surface area contributed by atoms with E-state index >= 15 is 0 Å². The van der Waals surface area contributed by atoms with Crippen LogP contribution in [0.25, 0.3) is 0 Å². The number of non-ortho nitro benzene ring substituents is 1. The second-order valence-corrected chi connectivity index (χ2v) is 4.77. The number of carbonyl (C=O) groups excluding carboxylic acids is 1. The number of phenols is 1. The van der Waals surface area contributed by atoms with Gasteiger partial charge < -0.3 is 9.84 Å². The molecule has 0 aromatic heterocycles. The Morgan fingerprint density at radius 3 is 2.52 bits per heavy atom. The Morgan fingerprint density at radius 2 is 1.90 bits per heavy atom. The van der Waals surface area contributed by atoms with Crippen LogP contribution in [0.4, 0.5) is 5.69 Å². The zero-order valence-electron chi connectivity index (χ0n) is 10.2. The number of phenolic OH excluding ortho intramolecular Hbond substituents is 1. The monoisotopic (exact) mass is 327 g/mol. The Morgan fingerprint density at radius 1 is 1.19 bits per heavy atom. The predicted molar refractivity (Wildman–Crippen MR) is 76.2 cm³/mol. The number of nitro groups is 1. The molecule has 8 heteroatoms. The molecule has 2 aromatic rings. The van der Waals surface area contributed by atoms with E-state index in [1.807, 2.05) is 0 Å². The summed E-state index contributed by atoms with van der Waals surface area (Å²) >= 11 is 11.5. The molecule has 0 amide bonds. The van der Waals surface area contributed by atoms with Gasteiger partial charge in [-0.15, -0.1) is 0 Å². The quantitative estimate of drug-likeness (QED) is 0.400. The number of hydrogen-bond acceptors (Lipinski definition) is 5. The highest BCUT2D eigenvalue weighted by molar-refractivity contribution is 6.32. The van der Waals surface area contributed by atoms with Crippen LogP contribution in [0.15, 0.2) is 36.4 Å². The van der Waals surface area contributed by atoms with Crippen LogP contribution in [0.1, 0.15) is 10.4 Å². The zero-order valence-corrected chi connectivity index (χ0v) is 11.8. The number of rotatable bonds is 3. The first kappa shape index (κ1) is 15.1. The molecule has 0 heterocycles. The Balaban J connectivity index is 2.27. The smallest absolute Gasteiger partial charge is 0.347 e. The first-order chi connectivity index (χ1) is 9.88. The standard InChI is InChI=1S/C13H7Cl2NO5/c14-7-1-3-11(17)9(5-7)13(18)21-12-4-2-8(16(19)20)6-10(12)15/h1-6,17H. The maximum Gasteiger partial charge on any atom is 0.347 e. The number of carbonyl (C=O) groups is 1. The van der Waals surface area contributed by atoms with Crippen molar-refractivity contribution in [2.24, 2.45) is 0 Å². The number of nitrogens with zero attached hydrogens (tertiary/aromatic N) is 1. The van der Waals surface area contributed by atoms with Crippen molar-refractivity contribution < 1.29 is 19.6 Å². The fourth-order valence-corrected chi connectivity index (χ4v) is 1.90. The maximum absolute atomic E-state index is 11.9. The summed E-state index contributed by atoms with van der Waals surface area (Å²) in [6.07, 6.45) is 0. The van der Waals surface area contributed by atoms with Crippen molar-refractivity contribution in [2.75, 3.05) is 0 Å². The average Bonchev–Trinajstić information content (AvgIpc) is 2.43. The highest BCUT2D eigenvalue weighted by Gasteiger charge is 2.17. The van der Waals surface area contributed by atoms with Crippen LogP contribution in [0.2, 0.25) is 10.0 Å². The van der Waals surface area contributed by atoms with Gasteiger partial charge in [0.25, 0.3) is 5.69 Å². The molecule has 2 aromatic carbocycles. The van der Waals surface area contributed by atoms with Crippen molar-refractivity contribution >= 4 is 34.9 Å². The molecule has 0 saturated carbocycles. The molecule has 0 aliphatic heterocycles. The number of benzene rings is 2. The van der Waals surface area contributed by atoms with Gasteiger partial charge in [0, 0.05) is 17.2 Å². The third-order valence-electron chi connectivity index (χ3n) is 2.51. The van der Waals surface area contributed by atoms with Crippen molar-refractivity contribution in [3.63, 3.8) is 0 Å². The van der Waals surface area contributed by atoms with Gasteiger partial charge in [0.15, 0.2) is 0 Å². The molecule has 1 N–H and O–H groups in total. The average molecular weight is 328 g/mol. The molecule has 2 rings (SSSR count). The molecule has 0 aliphatic carbocycles. The van der Waals surface area contributed by atoms with E-state index in [0.29, 0.717) is 0 Å². The summed E-state index contributed by atoms with van der Waals surface area (Å²) in [4.78, 5) is 21.9. The second kappa shape index (κ2) is 5.99. The molecule has 0 saturated heterocycles. The Hall–Kier alpha value is -2.31. The van der Waals surface area contributed by atoms with Crippen molar-refractivity contribution in [1.29, 1.82) is 0 Å². The molecule has 0 aliphatic rings. The fourth-order valence-electron chi connectivity index (χ4n) is 1.51. The topological polar surface area (TPSA) is 89.7 Å². The lowest BCUT2D eigenvalue weighted by molar-refractivity contribution is -0.384. The van der Waals surface area contributed by atoms with Gasteiger partial charge in [-0.25, -0.2) is 4.79 Å². The molecule has 21 heavy (non-hydrogen) atoms. The second-order valence-electron chi connectivity index (χ2n) is 3.92. The lowest BCUT2D eigenvalue weighted by atomic mass is 10.2. The summed E-state index contributed by atoms with van der Waals surface area (Å²) < 4.78 is 4.99. The molecule has 6 nitrogen and oxygen atoms in total. The highest BCUT2D eigenvalue weighted by Crippen LogP contribution is 2.30. The Bertz CT molecular complexity index is 732. The van der Waals surface area contributed by atoms with E-state index in [1.54, 1.807) is 0 Å². The van der Waals surface area contributed by atoms with E-state index in [4.69, 9.17) is 27.9 Å². The minimum atomic E-state index is -0.884. The van der Waals surface area contributed by atoms with Gasteiger partial charge in [0.1, 0.15) is 17.1 Å². The number of halogens is 2. The zero-order chi connectivity index (χ0) is 15.6. The van der Waals surface area contributed by atoms with Gasteiger partial charge in [-0.05, 0) is 24.3 Å². The van der Waals surface area contributed by atoms with Gasteiger partial charge in [0.2, 0.25) is 0 Å². The van der Waals surface area contributed by atoms with E-state index < -0.39 is 10.9 Å². The largest absolute Gasteiger partial charge is 0.507 e. The Labute approximate surface area is 128 Å². The van der Waals surface area contributed by atoms with Crippen molar-refractivity contribution in [2.45, 2.75) is 0 Å². The normalized spacial score (nSPS) is 10.2. The first-order valence-corrected chi connectivity index (χ1v) is 6.28. The molecule has 0 radical (unpaired) electrons. The summed E-state index contributed by atoms with van der Waals surface area (Å²) in [7, 11) is 0. The lowest BCUT2D eigenvalue weighted by Crippen LogP contribution is -2.09. The highest BCUT2D eigenvalue weighted by atomic mass is 35.5. The van der Waals surface area contributed by atoms with Gasteiger partial charge in [-0.3, -0.25) is 10.1 Å². The van der Waals surface area contributed by atoms with Crippen LogP contribution in [0.3, 0.4) is 0 Å². The number of esters is 1. The van der Waals surface area contributed by atoms with Gasteiger partial charge in [0.05, 0.1) is 9.95 Å². The van der Waals surface area contributed by atoms with Crippen LogP contribution in [0, 0.1) is 10.1 Å². The van der Waals surface area contributed by atoms with Gasteiger partial charge in [-0.1, -0.05) is 23.2 Å². The van der Waals surface area contributed by atoms with E-state index in [9.17, 15) is 20.0 Å². The van der Waals surface area contributed by atoms with E-state index in [0.717, 1.165) is 12.1 Å². The number of aromatic hydroxyl groups is 1. The molecule has 0 unspecified atom stereocenters. The van der Waals surface area contributed by atoms with E-state index in [1.165, 1.54) is 24.3 Å². The summed E-state index contributed by atoms with van der Waals surface area (Å²) in [5.74, 6) is -1.25. The van der Waals surface area contributed by atoms with Crippen molar-refractivity contribution in [1.82, 2.24) is 0 Å². The number of hydrogen-bond donors (Lipinski definition) is 1. The minimum Gasteiger partial charge on any atom is -0.507 e. The third-order valence-corrected chi connectivity index (χ3v) is 3.04. The number of ether oxygens (including phenoxy) is 1. The van der Waals surface area contributed by atoms with Crippen molar-refractivity contribution in [3.8, 4) is 11.5 Å². The van der Waals surface area contributed by atoms with Crippen LogP contribution < -0.4 is 4.74 Å². The van der Waals surface area contributed by atoms with Crippen LogP contribution in [-0.4, -0.2) is 16.0 Å². The summed E-state index contributed by atoms with van der Waals surface area (Å²) in [5, 5.41) is 20.3. The van der Waals surface area contributed by atoms with Gasteiger partial charge >= 0.3 is 5.97 Å². The molecular formula is C13H7Cl2NO5. The fraction of sp³-hybridized carbons (Fsp3) is 0. The lowest BCUT2D eigenvalue weighted by Gasteiger charge is -2.07. The van der Waals surface area contributed by atoms with E-state index in [-0.39, 0.29) is 32.8 Å². The number of nitro benzene ring substituents is 1. The van der Waals surface area contributed by atoms with Gasteiger partial charge in [-0.2, -0.15) is 0 Å². The summed E-state index contributed by atoms with van der Waals surface area (Å²) in [5.41, 5.74) is -0.373. The summed E-state index contributed by atoms with van der Waals surface area (Å²) in [6.45, 7) is 0. The van der Waals surface area contributed by atoms with E-state index in [2.05, 4.69) is 0 Å². The summed E-state index contributed by atoms with van der Waals surface area (Å²) in [6, 6.07) is 7.29. The first-order valence-electron chi connectivity index (χ1n) is 5.53. The molecule has 0 bridgehead atoms. The Kier molecular flexibility index (Phi) is 4.30. The molecule has 0 spiro atoms. The molecular weight excluding hydrogens is 321 g/mol. The predicted octanol–water partition coefficient (Wildman–Crippen LogP) is 3.83. The molecule has 108 valence electrons. The molecule has 0 atom stereocenters. The minimum absolute atomic E-state index is 0.0633. The SMILES string of the molecule is O=C(Oc1ccc([N+](=O)[O-])cc1Cl)c1cc(Cl)ccc1O. The van der Waals surface area contributed by atoms with Crippen molar-refractivity contribution in [3.05, 3.63) is 62.1 Å². The van der Waals surface area contributed by atoms with Crippen LogP contribution in [-0.2, 0) is 0 Å².